The summed E-state index contributed by atoms with van der Waals surface area (Å²) in [5.74, 6) is 1.78. The van der Waals surface area contributed by atoms with Gasteiger partial charge in [-0.05, 0) is 45.8 Å². The van der Waals surface area contributed by atoms with E-state index in [2.05, 4.69) is 56.5 Å². The van der Waals surface area contributed by atoms with E-state index in [0.29, 0.717) is 0 Å². The molecule has 0 saturated heterocycles. The van der Waals surface area contributed by atoms with Crippen LogP contribution < -0.4 is 5.32 Å². The van der Waals surface area contributed by atoms with E-state index in [1.807, 2.05) is 6.07 Å². The van der Waals surface area contributed by atoms with E-state index in [1.165, 1.54) is 10.4 Å². The van der Waals surface area contributed by atoms with Gasteiger partial charge in [-0.25, -0.2) is 9.97 Å². The van der Waals surface area contributed by atoms with Crippen LogP contribution in [0.1, 0.15) is 36.5 Å². The normalized spacial score (nSPS) is 10.7. The molecule has 0 saturated carbocycles. The number of thiophene rings is 1. The van der Waals surface area contributed by atoms with Crippen molar-refractivity contribution in [2.24, 2.45) is 0 Å². The van der Waals surface area contributed by atoms with Gasteiger partial charge in [0, 0.05) is 17.4 Å². The smallest absolute Gasteiger partial charge is 0.132 e. The molecule has 0 bridgehead atoms. The Hall–Kier alpha value is -0.940. The van der Waals surface area contributed by atoms with Crippen LogP contribution >= 0.6 is 27.3 Å². The maximum absolute atomic E-state index is 4.53. The van der Waals surface area contributed by atoms with E-state index in [0.717, 1.165) is 42.1 Å². The lowest BCUT2D eigenvalue weighted by Gasteiger charge is -2.08. The molecule has 0 aliphatic heterocycles. The van der Waals surface area contributed by atoms with E-state index in [9.17, 15) is 0 Å². The standard InChI is InChI=1S/C14H18BrN3S/c1-3-5-13-17-12(15)8-14(18-13)16-9-11-10(4-2)6-7-19-11/h6-8H,3-5,9H2,1-2H3,(H,16,17,18). The molecule has 5 heteroatoms. The van der Waals surface area contributed by atoms with Crippen LogP contribution in [0.5, 0.6) is 0 Å². The van der Waals surface area contributed by atoms with Gasteiger partial charge in [-0.3, -0.25) is 0 Å². The van der Waals surface area contributed by atoms with E-state index in [4.69, 9.17) is 0 Å². The molecule has 0 spiro atoms. The van der Waals surface area contributed by atoms with Crippen LogP contribution in [0, 0.1) is 0 Å². The highest BCUT2D eigenvalue weighted by Gasteiger charge is 2.05. The second-order valence-corrected chi connectivity index (χ2v) is 6.13. The van der Waals surface area contributed by atoms with Crippen LogP contribution in [0.2, 0.25) is 0 Å². The summed E-state index contributed by atoms with van der Waals surface area (Å²) in [7, 11) is 0. The van der Waals surface area contributed by atoms with E-state index < -0.39 is 0 Å². The van der Waals surface area contributed by atoms with Crippen LogP contribution in [0.25, 0.3) is 0 Å². The van der Waals surface area contributed by atoms with Gasteiger partial charge in [-0.1, -0.05) is 13.8 Å². The zero-order chi connectivity index (χ0) is 13.7. The van der Waals surface area contributed by atoms with Crippen LogP contribution in [-0.2, 0) is 19.4 Å². The van der Waals surface area contributed by atoms with E-state index >= 15 is 0 Å². The van der Waals surface area contributed by atoms with Crippen LogP contribution in [-0.4, -0.2) is 9.97 Å². The molecule has 0 fully saturated rings. The van der Waals surface area contributed by atoms with Crippen LogP contribution in [0.4, 0.5) is 5.82 Å². The third kappa shape index (κ3) is 4.01. The molecule has 0 aromatic carbocycles. The summed E-state index contributed by atoms with van der Waals surface area (Å²) < 4.78 is 0.843. The highest BCUT2D eigenvalue weighted by molar-refractivity contribution is 9.10. The fraction of sp³-hybridized carbons (Fsp3) is 0.429. The number of hydrogen-bond acceptors (Lipinski definition) is 4. The van der Waals surface area contributed by atoms with E-state index in [-0.39, 0.29) is 0 Å². The highest BCUT2D eigenvalue weighted by atomic mass is 79.9. The van der Waals surface area contributed by atoms with Gasteiger partial charge >= 0.3 is 0 Å². The average molecular weight is 340 g/mol. The number of halogens is 1. The molecule has 19 heavy (non-hydrogen) atoms. The van der Waals surface area contributed by atoms with Crippen molar-refractivity contribution < 1.29 is 0 Å². The number of nitrogens with zero attached hydrogens (tertiary/aromatic N) is 2. The van der Waals surface area contributed by atoms with Gasteiger partial charge in [0.25, 0.3) is 0 Å². The maximum atomic E-state index is 4.53. The monoisotopic (exact) mass is 339 g/mol. The van der Waals surface area contributed by atoms with Crippen LogP contribution in [0.15, 0.2) is 22.1 Å². The minimum Gasteiger partial charge on any atom is -0.365 e. The predicted octanol–water partition coefficient (Wildman–Crippen LogP) is 4.43. The van der Waals surface area contributed by atoms with Crippen molar-refractivity contribution in [3.05, 3.63) is 38.4 Å². The minimum atomic E-state index is 0.829. The first-order chi connectivity index (χ1) is 9.22. The molecular formula is C14H18BrN3S. The fourth-order valence-electron chi connectivity index (χ4n) is 1.90. The predicted molar refractivity (Wildman–Crippen MR) is 84.8 cm³/mol. The van der Waals surface area contributed by atoms with Crippen molar-refractivity contribution in [2.75, 3.05) is 5.32 Å². The van der Waals surface area contributed by atoms with Gasteiger partial charge in [-0.15, -0.1) is 11.3 Å². The Bertz CT molecular complexity index is 539. The molecule has 0 unspecified atom stereocenters. The van der Waals surface area contributed by atoms with Crippen molar-refractivity contribution >= 4 is 33.1 Å². The van der Waals surface area contributed by atoms with Crippen molar-refractivity contribution in [3.8, 4) is 0 Å². The molecule has 1 N–H and O–H groups in total. The molecular weight excluding hydrogens is 322 g/mol. The Morgan fingerprint density at radius 3 is 2.89 bits per heavy atom. The third-order valence-electron chi connectivity index (χ3n) is 2.86. The summed E-state index contributed by atoms with van der Waals surface area (Å²) in [6.45, 7) is 5.15. The van der Waals surface area contributed by atoms with Gasteiger partial charge in [0.15, 0.2) is 0 Å². The van der Waals surface area contributed by atoms with Crippen molar-refractivity contribution in [3.63, 3.8) is 0 Å². The lowest BCUT2D eigenvalue weighted by Crippen LogP contribution is -2.05. The van der Waals surface area contributed by atoms with Crippen molar-refractivity contribution in [2.45, 2.75) is 39.7 Å². The average Bonchev–Trinajstić information content (AvgIpc) is 2.83. The number of nitrogens with one attached hydrogen (secondary N) is 1. The first kappa shape index (κ1) is 14.5. The van der Waals surface area contributed by atoms with Gasteiger partial charge in [-0.2, -0.15) is 0 Å². The fourth-order valence-corrected chi connectivity index (χ4v) is 3.24. The second-order valence-electron chi connectivity index (χ2n) is 4.32. The summed E-state index contributed by atoms with van der Waals surface area (Å²) in [6.07, 6.45) is 3.04. The Kier molecular flexibility index (Phi) is 5.34. The molecule has 2 aromatic rings. The molecule has 0 aliphatic rings. The van der Waals surface area contributed by atoms with Crippen molar-refractivity contribution in [1.82, 2.24) is 9.97 Å². The maximum Gasteiger partial charge on any atom is 0.132 e. The molecule has 3 nitrogen and oxygen atoms in total. The van der Waals surface area contributed by atoms with Gasteiger partial charge in [0.05, 0.1) is 6.54 Å². The molecule has 102 valence electrons. The number of aryl methyl sites for hydroxylation is 2. The molecule has 2 aromatic heterocycles. The quantitative estimate of drug-likeness (QED) is 0.791. The topological polar surface area (TPSA) is 37.8 Å². The third-order valence-corrected chi connectivity index (χ3v) is 4.23. The first-order valence-electron chi connectivity index (χ1n) is 6.55. The summed E-state index contributed by atoms with van der Waals surface area (Å²) >= 11 is 5.24. The Morgan fingerprint density at radius 2 is 2.16 bits per heavy atom. The Morgan fingerprint density at radius 1 is 1.32 bits per heavy atom. The lowest BCUT2D eigenvalue weighted by molar-refractivity contribution is 0.828. The highest BCUT2D eigenvalue weighted by Crippen LogP contribution is 2.20. The Labute approximate surface area is 126 Å². The zero-order valence-electron chi connectivity index (χ0n) is 11.2. The minimum absolute atomic E-state index is 0.829. The molecule has 2 heterocycles. The number of anilines is 1. The lowest BCUT2D eigenvalue weighted by atomic mass is 10.2. The molecule has 0 atom stereocenters. The zero-order valence-corrected chi connectivity index (χ0v) is 13.6. The summed E-state index contributed by atoms with van der Waals surface area (Å²) in [4.78, 5) is 10.3. The van der Waals surface area contributed by atoms with Gasteiger partial charge < -0.3 is 5.32 Å². The summed E-state index contributed by atoms with van der Waals surface area (Å²) in [5, 5.41) is 5.54. The summed E-state index contributed by atoms with van der Waals surface area (Å²) in [6, 6.07) is 4.12. The molecule has 2 rings (SSSR count). The van der Waals surface area contributed by atoms with Crippen LogP contribution in [0.3, 0.4) is 0 Å². The first-order valence-corrected chi connectivity index (χ1v) is 8.22. The molecule has 0 radical (unpaired) electrons. The van der Waals surface area contributed by atoms with Gasteiger partial charge in [0.1, 0.15) is 16.2 Å². The Balaban J connectivity index is 2.06. The molecule has 0 aliphatic carbocycles. The number of aromatic nitrogens is 2. The number of rotatable bonds is 6. The summed E-state index contributed by atoms with van der Waals surface area (Å²) in [5.41, 5.74) is 1.42. The SMILES string of the molecule is CCCc1nc(Br)cc(NCc2sccc2CC)n1. The van der Waals surface area contributed by atoms with Gasteiger partial charge in [0.2, 0.25) is 0 Å². The number of hydrogen-bond donors (Lipinski definition) is 1. The second kappa shape index (κ2) is 7.01. The van der Waals surface area contributed by atoms with E-state index in [1.54, 1.807) is 11.3 Å². The largest absolute Gasteiger partial charge is 0.365 e. The van der Waals surface area contributed by atoms with Crippen molar-refractivity contribution in [1.29, 1.82) is 0 Å². The molecule has 0 amide bonds.